The lowest BCUT2D eigenvalue weighted by Gasteiger charge is -2.14. The third-order valence-corrected chi connectivity index (χ3v) is 3.51. The van der Waals surface area contributed by atoms with E-state index < -0.39 is 0 Å². The van der Waals surface area contributed by atoms with Gasteiger partial charge in [-0.15, -0.1) is 5.10 Å². The summed E-state index contributed by atoms with van der Waals surface area (Å²) < 4.78 is 1.94. The first-order valence-electron chi connectivity index (χ1n) is 7.68. The topological polar surface area (TPSA) is 55.6 Å². The smallest absolute Gasteiger partial charge is 0.165 e. The van der Waals surface area contributed by atoms with Crippen molar-refractivity contribution in [3.8, 4) is 0 Å². The lowest BCUT2D eigenvalue weighted by molar-refractivity contribution is 0.422. The third-order valence-electron chi connectivity index (χ3n) is 3.51. The van der Waals surface area contributed by atoms with E-state index in [0.29, 0.717) is 12.0 Å². The van der Waals surface area contributed by atoms with Gasteiger partial charge >= 0.3 is 0 Å². The van der Waals surface area contributed by atoms with Crippen LogP contribution < -0.4 is 5.32 Å². The predicted molar refractivity (Wildman–Crippen MR) is 83.8 cm³/mol. The molecule has 1 unspecified atom stereocenters. The monoisotopic (exact) mass is 287 g/mol. The number of aromatic nitrogens is 4. The van der Waals surface area contributed by atoms with Crippen molar-refractivity contribution in [2.45, 2.75) is 46.2 Å². The molecule has 0 radical (unpaired) electrons. The highest BCUT2D eigenvalue weighted by molar-refractivity contribution is 5.14. The summed E-state index contributed by atoms with van der Waals surface area (Å²) in [5, 5.41) is 15.5. The Balaban J connectivity index is 1.87. The fraction of sp³-hybridized carbons (Fsp3) is 0.562. The van der Waals surface area contributed by atoms with Gasteiger partial charge in [0.25, 0.3) is 0 Å². The van der Waals surface area contributed by atoms with Crippen molar-refractivity contribution >= 4 is 0 Å². The zero-order chi connectivity index (χ0) is 15.1. The van der Waals surface area contributed by atoms with Gasteiger partial charge in [0.1, 0.15) is 0 Å². The maximum Gasteiger partial charge on any atom is 0.165 e. The van der Waals surface area contributed by atoms with Crippen LogP contribution in [0.15, 0.2) is 30.3 Å². The number of tetrazole rings is 1. The van der Waals surface area contributed by atoms with E-state index >= 15 is 0 Å². The Morgan fingerprint density at radius 3 is 2.62 bits per heavy atom. The van der Waals surface area contributed by atoms with E-state index in [2.05, 4.69) is 65.9 Å². The Hall–Kier alpha value is -1.75. The Morgan fingerprint density at radius 1 is 1.14 bits per heavy atom. The summed E-state index contributed by atoms with van der Waals surface area (Å²) in [6.45, 7) is 8.26. The molecule has 0 aliphatic rings. The Bertz CT molecular complexity index is 520. The second-order valence-electron chi connectivity index (χ2n) is 5.94. The van der Waals surface area contributed by atoms with Gasteiger partial charge in [-0.3, -0.25) is 0 Å². The van der Waals surface area contributed by atoms with Gasteiger partial charge in [0.05, 0.1) is 12.6 Å². The fourth-order valence-corrected chi connectivity index (χ4v) is 2.29. The first-order chi connectivity index (χ1) is 10.2. The minimum atomic E-state index is 0.302. The number of aryl methyl sites for hydroxylation is 1. The van der Waals surface area contributed by atoms with Crippen molar-refractivity contribution in [2.75, 3.05) is 6.54 Å². The Labute approximate surface area is 126 Å². The van der Waals surface area contributed by atoms with Crippen LogP contribution in [0.4, 0.5) is 0 Å². The third kappa shape index (κ3) is 4.93. The molecule has 1 aromatic carbocycles. The van der Waals surface area contributed by atoms with Crippen molar-refractivity contribution in [1.82, 2.24) is 25.5 Å². The molecule has 1 aromatic heterocycles. The van der Waals surface area contributed by atoms with Crippen LogP contribution in [-0.2, 0) is 13.0 Å². The molecular formula is C16H25N5. The average molecular weight is 287 g/mol. The minimum absolute atomic E-state index is 0.302. The molecule has 114 valence electrons. The van der Waals surface area contributed by atoms with Crippen LogP contribution in [-0.4, -0.2) is 26.8 Å². The maximum atomic E-state index is 4.14. The molecule has 0 spiro atoms. The highest BCUT2D eigenvalue weighted by Gasteiger charge is 2.12. The Morgan fingerprint density at radius 2 is 1.90 bits per heavy atom. The van der Waals surface area contributed by atoms with Gasteiger partial charge in [0.2, 0.25) is 0 Å². The number of nitrogens with zero attached hydrogens (tertiary/aromatic N) is 4. The lowest BCUT2D eigenvalue weighted by atomic mass is 10.1. The summed E-state index contributed by atoms with van der Waals surface area (Å²) in [5.74, 6) is 1.54. The standard InChI is InChI=1S/C16H25N5/c1-13(2)11-17-12-16-18-19-20-21(16)14(3)9-10-15-7-5-4-6-8-15/h4-8,13-14,17H,9-12H2,1-3H3. The first kappa shape index (κ1) is 15.6. The van der Waals surface area contributed by atoms with Crippen LogP contribution in [0.3, 0.4) is 0 Å². The molecule has 0 aliphatic carbocycles. The second-order valence-corrected chi connectivity index (χ2v) is 5.94. The zero-order valence-corrected chi connectivity index (χ0v) is 13.2. The van der Waals surface area contributed by atoms with Crippen LogP contribution in [0.2, 0.25) is 0 Å². The average Bonchev–Trinajstić information content (AvgIpc) is 2.94. The van der Waals surface area contributed by atoms with Gasteiger partial charge in [0, 0.05) is 0 Å². The zero-order valence-electron chi connectivity index (χ0n) is 13.2. The molecule has 2 rings (SSSR count). The molecule has 1 heterocycles. The van der Waals surface area contributed by atoms with E-state index in [1.807, 2.05) is 10.7 Å². The van der Waals surface area contributed by atoms with Crippen molar-refractivity contribution < 1.29 is 0 Å². The molecule has 0 saturated heterocycles. The SMILES string of the molecule is CC(C)CNCc1nnnn1C(C)CCc1ccccc1. The fourth-order valence-electron chi connectivity index (χ4n) is 2.29. The van der Waals surface area contributed by atoms with E-state index in [0.717, 1.165) is 31.8 Å². The molecule has 5 heteroatoms. The van der Waals surface area contributed by atoms with Gasteiger partial charge in [-0.1, -0.05) is 44.2 Å². The quantitative estimate of drug-likeness (QED) is 0.811. The van der Waals surface area contributed by atoms with Gasteiger partial charge < -0.3 is 5.32 Å². The lowest BCUT2D eigenvalue weighted by Crippen LogP contribution is -2.23. The van der Waals surface area contributed by atoms with Crippen molar-refractivity contribution in [1.29, 1.82) is 0 Å². The number of hydrogen-bond acceptors (Lipinski definition) is 4. The van der Waals surface area contributed by atoms with Crippen molar-refractivity contribution in [2.24, 2.45) is 5.92 Å². The summed E-state index contributed by atoms with van der Waals surface area (Å²) in [6, 6.07) is 10.8. The van der Waals surface area contributed by atoms with E-state index in [-0.39, 0.29) is 0 Å². The Kier molecular flexibility index (Phi) is 5.87. The molecular weight excluding hydrogens is 262 g/mol. The molecule has 1 N–H and O–H groups in total. The molecule has 0 bridgehead atoms. The molecule has 0 saturated carbocycles. The van der Waals surface area contributed by atoms with E-state index in [9.17, 15) is 0 Å². The van der Waals surface area contributed by atoms with Crippen molar-refractivity contribution in [3.63, 3.8) is 0 Å². The molecule has 0 amide bonds. The van der Waals surface area contributed by atoms with Gasteiger partial charge in [0.15, 0.2) is 5.82 Å². The van der Waals surface area contributed by atoms with Crippen LogP contribution >= 0.6 is 0 Å². The molecule has 2 aromatic rings. The van der Waals surface area contributed by atoms with Gasteiger partial charge in [-0.2, -0.15) is 0 Å². The van der Waals surface area contributed by atoms with E-state index in [1.165, 1.54) is 5.56 Å². The normalized spacial score (nSPS) is 12.8. The number of benzene rings is 1. The number of hydrogen-bond donors (Lipinski definition) is 1. The first-order valence-corrected chi connectivity index (χ1v) is 7.68. The number of nitrogens with one attached hydrogen (secondary N) is 1. The van der Waals surface area contributed by atoms with Gasteiger partial charge in [-0.25, -0.2) is 4.68 Å². The minimum Gasteiger partial charge on any atom is -0.310 e. The summed E-state index contributed by atoms with van der Waals surface area (Å²) in [6.07, 6.45) is 2.08. The largest absolute Gasteiger partial charge is 0.310 e. The summed E-state index contributed by atoms with van der Waals surface area (Å²) >= 11 is 0. The van der Waals surface area contributed by atoms with E-state index in [4.69, 9.17) is 0 Å². The van der Waals surface area contributed by atoms with Crippen LogP contribution in [0.1, 0.15) is 44.6 Å². The summed E-state index contributed by atoms with van der Waals surface area (Å²) in [4.78, 5) is 0. The van der Waals surface area contributed by atoms with Crippen LogP contribution in [0.25, 0.3) is 0 Å². The predicted octanol–water partition coefficient (Wildman–Crippen LogP) is 2.61. The van der Waals surface area contributed by atoms with Crippen molar-refractivity contribution in [3.05, 3.63) is 41.7 Å². The van der Waals surface area contributed by atoms with Gasteiger partial charge in [-0.05, 0) is 48.2 Å². The van der Waals surface area contributed by atoms with Crippen LogP contribution in [0.5, 0.6) is 0 Å². The molecule has 1 atom stereocenters. The highest BCUT2D eigenvalue weighted by atomic mass is 15.6. The highest BCUT2D eigenvalue weighted by Crippen LogP contribution is 2.14. The second kappa shape index (κ2) is 7.88. The molecule has 0 aliphatic heterocycles. The van der Waals surface area contributed by atoms with Crippen LogP contribution in [0, 0.1) is 5.92 Å². The molecule has 5 nitrogen and oxygen atoms in total. The van der Waals surface area contributed by atoms with E-state index in [1.54, 1.807) is 0 Å². The summed E-state index contributed by atoms with van der Waals surface area (Å²) in [5.41, 5.74) is 1.36. The summed E-state index contributed by atoms with van der Waals surface area (Å²) in [7, 11) is 0. The molecule has 21 heavy (non-hydrogen) atoms. The molecule has 0 fully saturated rings. The maximum absolute atomic E-state index is 4.14. The number of rotatable bonds is 8.